The van der Waals surface area contributed by atoms with Crippen LogP contribution in [0.2, 0.25) is 0 Å². The number of anilines is 1. The Balaban J connectivity index is 1.31. The second kappa shape index (κ2) is 11.8. The first-order valence-electron chi connectivity index (χ1n) is 14.7. The SMILES string of the molecule is CC[N+]1=C(/C=C/C=C2/N(CCl)c3ccccc3C2(C)C)C(C)(C)c2cc(CNC(=O)CCc3ccc(O)cc3)ccc21. The summed E-state index contributed by atoms with van der Waals surface area (Å²) in [6, 6.07) is 22.5. The number of allylic oxidation sites excluding steroid dienone is 4. The van der Waals surface area contributed by atoms with Gasteiger partial charge in [-0.3, -0.25) is 4.79 Å². The molecule has 0 saturated heterocycles. The van der Waals surface area contributed by atoms with Crippen LogP contribution in [0.3, 0.4) is 0 Å². The van der Waals surface area contributed by atoms with Crippen LogP contribution < -0.4 is 10.2 Å². The summed E-state index contributed by atoms with van der Waals surface area (Å²) in [4.78, 5) is 14.8. The topological polar surface area (TPSA) is 55.6 Å². The number of nitrogens with one attached hydrogen (secondary N) is 1. The zero-order chi connectivity index (χ0) is 30.1. The van der Waals surface area contributed by atoms with Crippen molar-refractivity contribution in [2.45, 2.75) is 64.8 Å². The Labute approximate surface area is 254 Å². The van der Waals surface area contributed by atoms with E-state index in [9.17, 15) is 9.90 Å². The van der Waals surface area contributed by atoms with Gasteiger partial charge in [-0.05, 0) is 74.2 Å². The average Bonchev–Trinajstić information content (AvgIpc) is 3.33. The van der Waals surface area contributed by atoms with Crippen LogP contribution in [-0.4, -0.2) is 33.8 Å². The van der Waals surface area contributed by atoms with Gasteiger partial charge in [0.1, 0.15) is 12.3 Å². The number of carbonyl (C=O) groups is 1. The number of rotatable bonds is 9. The van der Waals surface area contributed by atoms with Crippen LogP contribution in [0.4, 0.5) is 11.4 Å². The molecule has 2 aliphatic rings. The fraction of sp³-hybridized carbons (Fsp3) is 0.333. The maximum atomic E-state index is 12.6. The molecule has 5 nitrogen and oxygen atoms in total. The van der Waals surface area contributed by atoms with Gasteiger partial charge in [0.15, 0.2) is 5.71 Å². The van der Waals surface area contributed by atoms with Gasteiger partial charge in [0.2, 0.25) is 11.6 Å². The lowest BCUT2D eigenvalue weighted by atomic mass is 9.80. The first kappa shape index (κ1) is 29.7. The molecule has 42 heavy (non-hydrogen) atoms. The summed E-state index contributed by atoms with van der Waals surface area (Å²) in [5.74, 6) is 0.253. The van der Waals surface area contributed by atoms with E-state index >= 15 is 0 Å². The number of carbonyl (C=O) groups excluding carboxylic acids is 1. The Morgan fingerprint density at radius 2 is 1.69 bits per heavy atom. The molecule has 0 aliphatic carbocycles. The maximum Gasteiger partial charge on any atom is 0.220 e. The van der Waals surface area contributed by atoms with Gasteiger partial charge in [-0.15, -0.1) is 11.6 Å². The molecule has 3 aromatic rings. The van der Waals surface area contributed by atoms with Gasteiger partial charge in [0.05, 0.1) is 11.4 Å². The molecule has 0 radical (unpaired) electrons. The van der Waals surface area contributed by atoms with Gasteiger partial charge < -0.3 is 15.3 Å². The molecule has 5 rings (SSSR count). The lowest BCUT2D eigenvalue weighted by molar-refractivity contribution is -0.433. The normalized spacial score (nSPS) is 17.7. The van der Waals surface area contributed by atoms with Crippen molar-refractivity contribution < 1.29 is 14.5 Å². The number of phenolic OH excluding ortho intramolecular Hbond substituents is 1. The van der Waals surface area contributed by atoms with Crippen LogP contribution in [0.15, 0.2) is 90.7 Å². The Bertz CT molecular complexity index is 1580. The molecule has 0 aromatic heterocycles. The molecule has 0 saturated carbocycles. The average molecular weight is 583 g/mol. The molecule has 2 aliphatic heterocycles. The molecule has 0 bridgehead atoms. The third kappa shape index (κ3) is 5.50. The van der Waals surface area contributed by atoms with Crippen LogP contribution in [0.5, 0.6) is 5.75 Å². The predicted molar refractivity (Wildman–Crippen MR) is 173 cm³/mol. The third-order valence-electron chi connectivity index (χ3n) is 8.77. The highest BCUT2D eigenvalue weighted by Gasteiger charge is 2.44. The zero-order valence-corrected chi connectivity index (χ0v) is 26.0. The summed E-state index contributed by atoms with van der Waals surface area (Å²) >= 11 is 6.44. The fourth-order valence-electron chi connectivity index (χ4n) is 6.38. The molecular formula is C36H41ClN3O2+. The number of aromatic hydroxyl groups is 1. The van der Waals surface area contributed by atoms with Crippen molar-refractivity contribution >= 4 is 34.6 Å². The van der Waals surface area contributed by atoms with Crippen LogP contribution >= 0.6 is 11.6 Å². The van der Waals surface area contributed by atoms with Gasteiger partial charge in [-0.1, -0.05) is 56.3 Å². The summed E-state index contributed by atoms with van der Waals surface area (Å²) < 4.78 is 2.39. The summed E-state index contributed by atoms with van der Waals surface area (Å²) in [6.45, 7) is 12.6. The zero-order valence-electron chi connectivity index (χ0n) is 25.2. The molecule has 0 unspecified atom stereocenters. The molecule has 1 amide bonds. The van der Waals surface area contributed by atoms with Crippen molar-refractivity contribution in [3.8, 4) is 5.75 Å². The highest BCUT2D eigenvalue weighted by atomic mass is 35.5. The van der Waals surface area contributed by atoms with E-state index in [1.54, 1.807) is 12.1 Å². The molecular weight excluding hydrogens is 542 g/mol. The molecule has 218 valence electrons. The maximum absolute atomic E-state index is 12.6. The Kier molecular flexibility index (Phi) is 8.34. The lowest BCUT2D eigenvalue weighted by Gasteiger charge is -2.25. The molecule has 0 spiro atoms. The first-order valence-corrected chi connectivity index (χ1v) is 15.3. The van der Waals surface area contributed by atoms with E-state index in [2.05, 4.69) is 110 Å². The number of fused-ring (bicyclic) bond motifs is 2. The minimum absolute atomic E-state index is 0.0178. The number of para-hydroxylation sites is 1. The minimum atomic E-state index is -0.195. The second-order valence-corrected chi connectivity index (χ2v) is 12.4. The van der Waals surface area contributed by atoms with Gasteiger partial charge in [-0.2, -0.15) is 4.58 Å². The summed E-state index contributed by atoms with van der Waals surface area (Å²) in [7, 11) is 0. The number of hydrogen-bond donors (Lipinski definition) is 2. The Hall–Kier alpha value is -3.83. The fourth-order valence-corrected chi connectivity index (χ4v) is 6.64. The Morgan fingerprint density at radius 1 is 0.976 bits per heavy atom. The van der Waals surface area contributed by atoms with E-state index in [-0.39, 0.29) is 22.5 Å². The van der Waals surface area contributed by atoms with E-state index in [1.807, 2.05) is 12.1 Å². The van der Waals surface area contributed by atoms with Crippen LogP contribution in [-0.2, 0) is 28.6 Å². The quantitative estimate of drug-likeness (QED) is 0.156. The van der Waals surface area contributed by atoms with Crippen molar-refractivity contribution in [2.24, 2.45) is 0 Å². The van der Waals surface area contributed by atoms with Gasteiger partial charge >= 0.3 is 0 Å². The van der Waals surface area contributed by atoms with E-state index in [4.69, 9.17) is 11.6 Å². The molecule has 0 fully saturated rings. The number of nitrogens with zero attached hydrogens (tertiary/aromatic N) is 2. The molecule has 0 atom stereocenters. The molecule has 3 aromatic carbocycles. The minimum Gasteiger partial charge on any atom is -0.508 e. The van der Waals surface area contributed by atoms with Crippen molar-refractivity contribution in [1.29, 1.82) is 0 Å². The number of alkyl halides is 1. The smallest absolute Gasteiger partial charge is 0.220 e. The van der Waals surface area contributed by atoms with E-state index in [1.165, 1.54) is 33.9 Å². The van der Waals surface area contributed by atoms with Crippen molar-refractivity contribution in [3.05, 3.63) is 113 Å². The van der Waals surface area contributed by atoms with Crippen LogP contribution in [0.25, 0.3) is 0 Å². The van der Waals surface area contributed by atoms with E-state index in [0.717, 1.165) is 17.7 Å². The highest BCUT2D eigenvalue weighted by Crippen LogP contribution is 2.47. The van der Waals surface area contributed by atoms with Crippen LogP contribution in [0.1, 0.15) is 63.3 Å². The van der Waals surface area contributed by atoms with Crippen molar-refractivity contribution in [1.82, 2.24) is 5.32 Å². The summed E-state index contributed by atoms with van der Waals surface area (Å²) in [5, 5.41) is 12.5. The largest absolute Gasteiger partial charge is 0.508 e. The summed E-state index contributed by atoms with van der Waals surface area (Å²) in [6.07, 6.45) is 7.67. The number of aryl methyl sites for hydroxylation is 1. The van der Waals surface area contributed by atoms with E-state index < -0.39 is 0 Å². The second-order valence-electron chi connectivity index (χ2n) is 12.1. The van der Waals surface area contributed by atoms with Crippen molar-refractivity contribution in [2.75, 3.05) is 17.4 Å². The molecule has 2 N–H and O–H groups in total. The number of benzene rings is 3. The van der Waals surface area contributed by atoms with Crippen molar-refractivity contribution in [3.63, 3.8) is 0 Å². The number of halogens is 1. The molecule has 2 heterocycles. The summed E-state index contributed by atoms with van der Waals surface area (Å²) in [5.41, 5.74) is 9.18. The monoisotopic (exact) mass is 582 g/mol. The first-order chi connectivity index (χ1) is 20.1. The van der Waals surface area contributed by atoms with Gasteiger partial charge in [0, 0.05) is 47.5 Å². The molecule has 6 heteroatoms. The Morgan fingerprint density at radius 3 is 2.40 bits per heavy atom. The predicted octanol–water partition coefficient (Wildman–Crippen LogP) is 7.47. The highest BCUT2D eigenvalue weighted by molar-refractivity contribution is 6.19. The number of hydrogen-bond acceptors (Lipinski definition) is 3. The lowest BCUT2D eigenvalue weighted by Crippen LogP contribution is -2.28. The van der Waals surface area contributed by atoms with Gasteiger partial charge in [0.25, 0.3) is 0 Å². The standard InChI is InChI=1S/C36H40ClN3O2/c1-6-39-31-20-16-26(23-38-34(42)21-17-25-14-18-27(41)19-15-25)22-29(31)36(4,5)32(39)12-9-13-33-35(2,3)28-10-7-8-11-30(28)40(33)24-37/h7-16,18-20,22H,6,17,21,23-24H2,1-5H3,(H-,38,41,42)/p+1. The van der Waals surface area contributed by atoms with Crippen LogP contribution in [0, 0.1) is 0 Å². The van der Waals surface area contributed by atoms with Gasteiger partial charge in [-0.25, -0.2) is 0 Å². The number of phenols is 1. The van der Waals surface area contributed by atoms with E-state index in [0.29, 0.717) is 25.4 Å². The number of amides is 1. The third-order valence-corrected chi connectivity index (χ3v) is 9.01.